The maximum absolute atomic E-state index is 12.2. The van der Waals surface area contributed by atoms with E-state index in [1.807, 2.05) is 11.8 Å². The lowest BCUT2D eigenvalue weighted by Gasteiger charge is -2.17. The van der Waals surface area contributed by atoms with Crippen LogP contribution in [0.3, 0.4) is 0 Å². The minimum Gasteiger partial charge on any atom is -0.357 e. The van der Waals surface area contributed by atoms with Gasteiger partial charge in [-0.15, -0.1) is 0 Å². The highest BCUT2D eigenvalue weighted by Crippen LogP contribution is 2.08. The Morgan fingerprint density at radius 2 is 1.92 bits per heavy atom. The van der Waals surface area contributed by atoms with E-state index in [0.29, 0.717) is 19.0 Å². The number of carbonyl (C=O) groups is 1. The van der Waals surface area contributed by atoms with E-state index in [1.54, 1.807) is 0 Å². The lowest BCUT2D eigenvalue weighted by Crippen LogP contribution is -2.44. The van der Waals surface area contributed by atoms with Gasteiger partial charge in [-0.3, -0.25) is 4.79 Å². The quantitative estimate of drug-likeness (QED) is 0.580. The Bertz CT molecular complexity index is 579. The van der Waals surface area contributed by atoms with Gasteiger partial charge in [0, 0.05) is 26.2 Å². The summed E-state index contributed by atoms with van der Waals surface area (Å²) in [7, 11) is 4.13. The molecule has 0 saturated carbocycles. The standard InChI is InChI=1S/C19H31N5O/c1-4-20-19(22-14-18(25)24-10-5-6-11-24)21-13-16-8-7-9-17(12-16)15-23(2)3/h7-9,12H,4-6,10-11,13-15H2,1-3H3,(H2,20,21,22). The number of likely N-dealkylation sites (tertiary alicyclic amines) is 1. The number of hydrogen-bond acceptors (Lipinski definition) is 3. The van der Waals surface area contributed by atoms with E-state index in [4.69, 9.17) is 0 Å². The van der Waals surface area contributed by atoms with Crippen LogP contribution in [0.25, 0.3) is 0 Å². The Balaban J connectivity index is 1.91. The highest BCUT2D eigenvalue weighted by molar-refractivity contribution is 5.86. The SMILES string of the molecule is CCNC(=NCc1cccc(CN(C)C)c1)NCC(=O)N1CCCC1. The summed E-state index contributed by atoms with van der Waals surface area (Å²) < 4.78 is 0. The fourth-order valence-electron chi connectivity index (χ4n) is 2.94. The van der Waals surface area contributed by atoms with Crippen molar-refractivity contribution in [3.05, 3.63) is 35.4 Å². The minimum absolute atomic E-state index is 0.149. The van der Waals surface area contributed by atoms with Crippen LogP contribution < -0.4 is 10.6 Å². The van der Waals surface area contributed by atoms with Crippen molar-refractivity contribution in [2.45, 2.75) is 32.9 Å². The smallest absolute Gasteiger partial charge is 0.241 e. The number of nitrogens with zero attached hydrogens (tertiary/aromatic N) is 3. The zero-order valence-corrected chi connectivity index (χ0v) is 15.7. The van der Waals surface area contributed by atoms with E-state index >= 15 is 0 Å². The van der Waals surface area contributed by atoms with Crippen LogP contribution in [0.1, 0.15) is 30.9 Å². The second-order valence-electron chi connectivity index (χ2n) is 6.69. The second-order valence-corrected chi connectivity index (χ2v) is 6.69. The molecular formula is C19H31N5O. The molecule has 25 heavy (non-hydrogen) atoms. The monoisotopic (exact) mass is 345 g/mol. The van der Waals surface area contributed by atoms with Gasteiger partial charge < -0.3 is 20.4 Å². The number of hydrogen-bond donors (Lipinski definition) is 2. The normalized spacial score (nSPS) is 14.9. The zero-order valence-electron chi connectivity index (χ0n) is 15.7. The van der Waals surface area contributed by atoms with E-state index in [2.05, 4.69) is 58.9 Å². The number of carbonyl (C=O) groups excluding carboxylic acids is 1. The predicted octanol–water partition coefficient (Wildman–Crippen LogP) is 1.43. The van der Waals surface area contributed by atoms with Gasteiger partial charge in [-0.05, 0) is 45.0 Å². The summed E-state index contributed by atoms with van der Waals surface area (Å²) in [6.45, 7) is 6.36. The van der Waals surface area contributed by atoms with E-state index in [9.17, 15) is 4.79 Å². The molecule has 1 aromatic rings. The molecule has 2 rings (SSSR count). The number of nitrogens with one attached hydrogen (secondary N) is 2. The Hall–Kier alpha value is -2.08. The van der Waals surface area contributed by atoms with E-state index in [1.165, 1.54) is 11.1 Å². The Kier molecular flexibility index (Phi) is 7.73. The van der Waals surface area contributed by atoms with Crippen LogP contribution in [0.5, 0.6) is 0 Å². The van der Waals surface area contributed by atoms with E-state index in [-0.39, 0.29) is 5.91 Å². The van der Waals surface area contributed by atoms with Gasteiger partial charge in [0.25, 0.3) is 0 Å². The van der Waals surface area contributed by atoms with Gasteiger partial charge in [-0.1, -0.05) is 24.3 Å². The molecule has 2 N–H and O–H groups in total. The van der Waals surface area contributed by atoms with Crippen molar-refractivity contribution in [3.8, 4) is 0 Å². The van der Waals surface area contributed by atoms with Crippen LogP contribution >= 0.6 is 0 Å². The number of benzene rings is 1. The van der Waals surface area contributed by atoms with Crippen molar-refractivity contribution < 1.29 is 4.79 Å². The molecule has 0 aromatic heterocycles. The molecule has 0 spiro atoms. The predicted molar refractivity (Wildman–Crippen MR) is 102 cm³/mol. The lowest BCUT2D eigenvalue weighted by atomic mass is 10.1. The first-order valence-corrected chi connectivity index (χ1v) is 9.11. The van der Waals surface area contributed by atoms with Gasteiger partial charge in [-0.25, -0.2) is 4.99 Å². The Morgan fingerprint density at radius 3 is 2.60 bits per heavy atom. The number of amides is 1. The van der Waals surface area contributed by atoms with Crippen LogP contribution in [-0.4, -0.2) is 61.9 Å². The maximum Gasteiger partial charge on any atom is 0.241 e. The van der Waals surface area contributed by atoms with Crippen molar-refractivity contribution in [2.75, 3.05) is 40.3 Å². The van der Waals surface area contributed by atoms with Gasteiger partial charge in [-0.2, -0.15) is 0 Å². The first kappa shape index (κ1) is 19.2. The topological polar surface area (TPSA) is 60.0 Å². The van der Waals surface area contributed by atoms with Crippen LogP contribution in [0.15, 0.2) is 29.3 Å². The molecule has 0 radical (unpaired) electrons. The molecule has 0 unspecified atom stereocenters. The molecule has 0 bridgehead atoms. The molecule has 1 fully saturated rings. The van der Waals surface area contributed by atoms with Crippen LogP contribution in [0.4, 0.5) is 0 Å². The molecule has 1 amide bonds. The van der Waals surface area contributed by atoms with Crippen molar-refractivity contribution >= 4 is 11.9 Å². The molecule has 0 aliphatic carbocycles. The van der Waals surface area contributed by atoms with Gasteiger partial charge in [0.1, 0.15) is 0 Å². The molecule has 1 aromatic carbocycles. The van der Waals surface area contributed by atoms with Crippen molar-refractivity contribution in [2.24, 2.45) is 4.99 Å². The summed E-state index contributed by atoms with van der Waals surface area (Å²) in [6, 6.07) is 8.47. The van der Waals surface area contributed by atoms with Gasteiger partial charge in [0.15, 0.2) is 5.96 Å². The fourth-order valence-corrected chi connectivity index (χ4v) is 2.94. The molecule has 1 aliphatic heterocycles. The Labute approximate surface area is 151 Å². The zero-order chi connectivity index (χ0) is 18.1. The molecule has 1 aliphatic rings. The van der Waals surface area contributed by atoms with Crippen molar-refractivity contribution in [1.82, 2.24) is 20.4 Å². The van der Waals surface area contributed by atoms with Gasteiger partial charge in [0.05, 0.1) is 13.1 Å². The van der Waals surface area contributed by atoms with Crippen LogP contribution in [-0.2, 0) is 17.9 Å². The first-order chi connectivity index (χ1) is 12.1. The lowest BCUT2D eigenvalue weighted by molar-refractivity contribution is -0.128. The third-order valence-electron chi connectivity index (χ3n) is 4.12. The average Bonchev–Trinajstić information content (AvgIpc) is 3.11. The molecule has 6 heteroatoms. The highest BCUT2D eigenvalue weighted by Gasteiger charge is 2.17. The molecule has 6 nitrogen and oxygen atoms in total. The number of aliphatic imine (C=N–C) groups is 1. The molecule has 1 heterocycles. The van der Waals surface area contributed by atoms with Crippen LogP contribution in [0.2, 0.25) is 0 Å². The number of rotatable bonds is 7. The Morgan fingerprint density at radius 1 is 1.20 bits per heavy atom. The van der Waals surface area contributed by atoms with Gasteiger partial charge >= 0.3 is 0 Å². The summed E-state index contributed by atoms with van der Waals surface area (Å²) >= 11 is 0. The third kappa shape index (κ3) is 6.74. The molecule has 0 atom stereocenters. The average molecular weight is 345 g/mol. The minimum atomic E-state index is 0.149. The fraction of sp³-hybridized carbons (Fsp3) is 0.579. The van der Waals surface area contributed by atoms with E-state index in [0.717, 1.165) is 39.0 Å². The highest BCUT2D eigenvalue weighted by atomic mass is 16.2. The van der Waals surface area contributed by atoms with Gasteiger partial charge in [0.2, 0.25) is 5.91 Å². The maximum atomic E-state index is 12.2. The van der Waals surface area contributed by atoms with Crippen molar-refractivity contribution in [1.29, 1.82) is 0 Å². The summed E-state index contributed by atoms with van der Waals surface area (Å²) in [5.74, 6) is 0.837. The summed E-state index contributed by atoms with van der Waals surface area (Å²) in [5.41, 5.74) is 2.45. The van der Waals surface area contributed by atoms with Crippen molar-refractivity contribution in [3.63, 3.8) is 0 Å². The summed E-state index contributed by atoms with van der Waals surface area (Å²) in [5, 5.41) is 6.36. The molecular weight excluding hydrogens is 314 g/mol. The third-order valence-corrected chi connectivity index (χ3v) is 4.12. The van der Waals surface area contributed by atoms with Crippen LogP contribution in [0, 0.1) is 0 Å². The molecule has 1 saturated heterocycles. The summed E-state index contributed by atoms with van der Waals surface area (Å²) in [4.78, 5) is 20.8. The largest absolute Gasteiger partial charge is 0.357 e. The molecule has 138 valence electrons. The summed E-state index contributed by atoms with van der Waals surface area (Å²) in [6.07, 6.45) is 2.23. The van der Waals surface area contributed by atoms with E-state index < -0.39 is 0 Å². The first-order valence-electron chi connectivity index (χ1n) is 9.11. The second kappa shape index (κ2) is 10.0. The number of guanidine groups is 1.